The summed E-state index contributed by atoms with van der Waals surface area (Å²) in [5.41, 5.74) is 9.20. The Morgan fingerprint density at radius 1 is 0.690 bits per heavy atom. The van der Waals surface area contributed by atoms with Crippen molar-refractivity contribution >= 4 is 29.0 Å². The second kappa shape index (κ2) is 12.4. The van der Waals surface area contributed by atoms with Crippen LogP contribution < -0.4 is 10.6 Å². The van der Waals surface area contributed by atoms with Crippen LogP contribution in [0.2, 0.25) is 0 Å². The maximum absolute atomic E-state index is 13.4. The van der Waals surface area contributed by atoms with Gasteiger partial charge in [0.05, 0.1) is 11.1 Å². The van der Waals surface area contributed by atoms with Crippen LogP contribution in [0, 0.1) is 27.7 Å². The largest absolute Gasteiger partial charge is 0.478 e. The lowest BCUT2D eigenvalue weighted by Crippen LogP contribution is -2.17. The van der Waals surface area contributed by atoms with Crippen LogP contribution in [-0.4, -0.2) is 35.1 Å². The van der Waals surface area contributed by atoms with Gasteiger partial charge in [0, 0.05) is 24.0 Å². The van der Waals surface area contributed by atoms with Gasteiger partial charge in [0.25, 0.3) is 5.91 Å². The topological polar surface area (TPSA) is 125 Å². The zero-order valence-corrected chi connectivity index (χ0v) is 24.5. The van der Waals surface area contributed by atoms with Crippen LogP contribution in [0.5, 0.6) is 0 Å². The van der Waals surface area contributed by atoms with E-state index in [4.69, 9.17) is 5.26 Å². The predicted octanol–water partition coefficient (Wildman–Crippen LogP) is 7.44. The summed E-state index contributed by atoms with van der Waals surface area (Å²) in [7, 11) is 1.88. The molecule has 0 aliphatic carbocycles. The van der Waals surface area contributed by atoms with E-state index >= 15 is 0 Å². The Kier molecular flexibility index (Phi) is 8.90. The van der Waals surface area contributed by atoms with Crippen molar-refractivity contribution < 1.29 is 29.6 Å². The molecule has 0 fully saturated rings. The zero-order valence-electron chi connectivity index (χ0n) is 24.5. The maximum Gasteiger partial charge on any atom is 0.336 e. The molecule has 0 radical (unpaired) electrons. The van der Waals surface area contributed by atoms with Crippen LogP contribution in [0.4, 0.5) is 11.4 Å². The number of aryl methyl sites for hydroxylation is 4. The average Bonchev–Trinajstić information content (AvgIpc) is 2.94. The van der Waals surface area contributed by atoms with E-state index in [1.165, 1.54) is 13.0 Å². The van der Waals surface area contributed by atoms with E-state index in [-0.39, 0.29) is 23.5 Å². The minimum atomic E-state index is -1.25. The molecule has 0 atom stereocenters. The second-order valence-corrected chi connectivity index (χ2v) is 10.4. The summed E-state index contributed by atoms with van der Waals surface area (Å²) in [6.45, 7) is 8.84. The van der Waals surface area contributed by atoms with Crippen LogP contribution in [0.3, 0.4) is 0 Å². The van der Waals surface area contributed by atoms with Crippen LogP contribution in [0.15, 0.2) is 60.7 Å². The van der Waals surface area contributed by atoms with Gasteiger partial charge in [-0.2, -0.15) is 0 Å². The fourth-order valence-corrected chi connectivity index (χ4v) is 5.29. The first-order chi connectivity index (χ1) is 19.9. The molecular weight excluding hydrogens is 532 g/mol. The van der Waals surface area contributed by atoms with E-state index in [9.17, 15) is 19.5 Å². The quantitative estimate of drug-likeness (QED) is 0.0943. The van der Waals surface area contributed by atoms with Gasteiger partial charge in [0.15, 0.2) is 5.78 Å². The highest BCUT2D eigenvalue weighted by Gasteiger charge is 2.22. The highest BCUT2D eigenvalue weighted by atomic mass is 17.1. The monoisotopic (exact) mass is 566 g/mol. The van der Waals surface area contributed by atoms with Crippen LogP contribution in [0.25, 0.3) is 22.3 Å². The Morgan fingerprint density at radius 2 is 1.21 bits per heavy atom. The SMILES string of the molecule is CNc1ccc(-c2ccc(NC(=O)c3cc(C)c(-c4cc(COO)c(C(C)=O)cc4C)cc3C(=O)O)cc2C)c(C)c1. The number of hydrogen-bond acceptors (Lipinski definition) is 6. The molecule has 1 amide bonds. The number of ketones is 1. The Bertz CT molecular complexity index is 1720. The number of aromatic carboxylic acids is 1. The molecule has 0 spiro atoms. The van der Waals surface area contributed by atoms with Gasteiger partial charge in [-0.15, -0.1) is 0 Å². The molecular formula is C34H34N2O6. The van der Waals surface area contributed by atoms with Crippen molar-refractivity contribution in [2.45, 2.75) is 41.2 Å². The summed E-state index contributed by atoms with van der Waals surface area (Å²) in [4.78, 5) is 42.1. The van der Waals surface area contributed by atoms with Crippen molar-refractivity contribution in [2.75, 3.05) is 17.7 Å². The molecule has 4 N–H and O–H groups in total. The third-order valence-corrected chi connectivity index (χ3v) is 7.47. The zero-order chi connectivity index (χ0) is 30.7. The highest BCUT2D eigenvalue weighted by Crippen LogP contribution is 2.34. The number of anilines is 2. The fraction of sp³-hybridized carbons (Fsp3) is 0.206. The van der Waals surface area contributed by atoms with E-state index in [0.29, 0.717) is 33.5 Å². The Balaban J connectivity index is 1.69. The van der Waals surface area contributed by atoms with E-state index in [1.54, 1.807) is 31.2 Å². The van der Waals surface area contributed by atoms with Crippen molar-refractivity contribution in [1.29, 1.82) is 0 Å². The first kappa shape index (κ1) is 30.2. The number of Topliss-reactive ketones (excluding diaryl/α,β-unsaturated/α-hetero) is 1. The number of carboxylic acid groups (broad SMARTS) is 1. The minimum Gasteiger partial charge on any atom is -0.478 e. The van der Waals surface area contributed by atoms with Crippen molar-refractivity contribution in [3.8, 4) is 22.3 Å². The number of hydrogen-bond donors (Lipinski definition) is 4. The van der Waals surface area contributed by atoms with Gasteiger partial charge in [-0.1, -0.05) is 12.1 Å². The molecule has 0 unspecified atom stereocenters. The first-order valence-electron chi connectivity index (χ1n) is 13.4. The molecule has 42 heavy (non-hydrogen) atoms. The Hall–Kier alpha value is -4.79. The van der Waals surface area contributed by atoms with Crippen molar-refractivity contribution in [2.24, 2.45) is 0 Å². The number of carboxylic acids is 1. The summed E-state index contributed by atoms with van der Waals surface area (Å²) in [6, 6.07) is 18.2. The van der Waals surface area contributed by atoms with E-state index < -0.39 is 11.9 Å². The van der Waals surface area contributed by atoms with Gasteiger partial charge in [-0.25, -0.2) is 9.68 Å². The number of nitrogens with one attached hydrogen (secondary N) is 2. The highest BCUT2D eigenvalue weighted by molar-refractivity contribution is 6.11. The minimum absolute atomic E-state index is 0.0286. The average molecular weight is 567 g/mol. The van der Waals surface area contributed by atoms with E-state index in [1.807, 2.05) is 46.0 Å². The van der Waals surface area contributed by atoms with E-state index in [0.717, 1.165) is 33.5 Å². The molecule has 216 valence electrons. The Morgan fingerprint density at radius 3 is 1.74 bits per heavy atom. The number of carbonyl (C=O) groups is 3. The summed E-state index contributed by atoms with van der Waals surface area (Å²) >= 11 is 0. The standard InChI is InChI=1S/C34H34N2O6/c1-18-11-24(35-6)7-9-26(18)27-10-8-25(12-19(27)2)36-33(38)31-14-21(4)29(16-32(31)34(39)40)28-15-23(17-42-41)30(22(5)37)13-20(28)3/h7-16,35,41H,17H2,1-6H3,(H,36,38)(H,39,40). The fourth-order valence-electron chi connectivity index (χ4n) is 5.29. The smallest absolute Gasteiger partial charge is 0.336 e. The van der Waals surface area contributed by atoms with Crippen LogP contribution in [-0.2, 0) is 11.5 Å². The lowest BCUT2D eigenvalue weighted by Gasteiger charge is -2.17. The number of rotatable bonds is 9. The van der Waals surface area contributed by atoms with Gasteiger partial charge in [0.1, 0.15) is 6.61 Å². The first-order valence-corrected chi connectivity index (χ1v) is 13.4. The number of benzene rings is 4. The van der Waals surface area contributed by atoms with Crippen molar-refractivity contribution in [3.63, 3.8) is 0 Å². The molecule has 0 heterocycles. The summed E-state index contributed by atoms with van der Waals surface area (Å²) in [5.74, 6) is -1.97. The van der Waals surface area contributed by atoms with Gasteiger partial charge in [-0.05, 0) is 133 Å². The molecule has 0 aliphatic rings. The van der Waals surface area contributed by atoms with Crippen molar-refractivity contribution in [1.82, 2.24) is 0 Å². The summed E-state index contributed by atoms with van der Waals surface area (Å²) < 4.78 is 0. The molecule has 0 aromatic heterocycles. The summed E-state index contributed by atoms with van der Waals surface area (Å²) in [5, 5.41) is 25.1. The normalized spacial score (nSPS) is 10.8. The van der Waals surface area contributed by atoms with E-state index in [2.05, 4.69) is 27.7 Å². The molecule has 4 aromatic rings. The Labute approximate surface area is 244 Å². The molecule has 8 heteroatoms. The van der Waals surface area contributed by atoms with Crippen LogP contribution in [0.1, 0.15) is 65.8 Å². The lowest BCUT2D eigenvalue weighted by molar-refractivity contribution is -0.253. The molecule has 0 saturated carbocycles. The molecule has 4 rings (SSSR count). The molecule has 8 nitrogen and oxygen atoms in total. The molecule has 0 saturated heterocycles. The predicted molar refractivity (Wildman–Crippen MR) is 165 cm³/mol. The van der Waals surface area contributed by atoms with Gasteiger partial charge < -0.3 is 15.7 Å². The molecule has 4 aromatic carbocycles. The third kappa shape index (κ3) is 6.10. The van der Waals surface area contributed by atoms with Gasteiger partial charge in [0.2, 0.25) is 0 Å². The maximum atomic E-state index is 13.4. The number of carbonyl (C=O) groups excluding carboxylic acids is 2. The van der Waals surface area contributed by atoms with Gasteiger partial charge in [-0.3, -0.25) is 14.8 Å². The molecule has 0 aliphatic heterocycles. The summed E-state index contributed by atoms with van der Waals surface area (Å²) in [6.07, 6.45) is 0. The second-order valence-electron chi connectivity index (χ2n) is 10.4. The van der Waals surface area contributed by atoms with Crippen molar-refractivity contribution in [3.05, 3.63) is 105 Å². The third-order valence-electron chi connectivity index (χ3n) is 7.47. The number of amides is 1. The van der Waals surface area contributed by atoms with Crippen LogP contribution >= 0.6 is 0 Å². The van der Waals surface area contributed by atoms with Gasteiger partial charge >= 0.3 is 5.97 Å². The molecule has 0 bridgehead atoms. The lowest BCUT2D eigenvalue weighted by atomic mass is 9.88.